The molecule has 5 rings (SSSR count). The Kier molecular flexibility index (Phi) is 8.14. The van der Waals surface area contributed by atoms with Gasteiger partial charge in [-0.2, -0.15) is 0 Å². The summed E-state index contributed by atoms with van der Waals surface area (Å²) in [5.74, 6) is -4.02. The lowest BCUT2D eigenvalue weighted by Gasteiger charge is -2.28. The molecule has 6 N–H and O–H groups in total. The Morgan fingerprint density at radius 3 is 2.40 bits per heavy atom. The second-order valence-corrected chi connectivity index (χ2v) is 10.4. The molecule has 3 aromatic rings. The van der Waals surface area contributed by atoms with Crippen LogP contribution in [0.15, 0.2) is 53.5 Å². The fourth-order valence-electron chi connectivity index (χ4n) is 5.10. The van der Waals surface area contributed by atoms with Gasteiger partial charge in [-0.25, -0.2) is 8.78 Å². The fourth-order valence-corrected chi connectivity index (χ4v) is 5.10. The number of phenols is 1. The van der Waals surface area contributed by atoms with Crippen LogP contribution in [0.25, 0.3) is 0 Å². The molecule has 0 amide bonds. The summed E-state index contributed by atoms with van der Waals surface area (Å²) in [6.45, 7) is 1.43. The SMILES string of the molecule is CN1CCN=C1c1cccc(Oc2cc(Oc3cc(C(=N)N)ccc3O)c(F)c(NC3CCC(C(=O)O)CC3)c2F)c1. The van der Waals surface area contributed by atoms with E-state index in [1.807, 2.05) is 18.0 Å². The third kappa shape index (κ3) is 6.07. The van der Waals surface area contributed by atoms with Crippen molar-refractivity contribution >= 4 is 23.3 Å². The van der Waals surface area contributed by atoms with E-state index in [0.29, 0.717) is 32.2 Å². The van der Waals surface area contributed by atoms with Gasteiger partial charge in [0, 0.05) is 36.8 Å². The molecule has 1 fully saturated rings. The number of nitrogens with two attached hydrogens (primary N) is 1. The van der Waals surface area contributed by atoms with Crippen molar-refractivity contribution < 1.29 is 33.3 Å². The summed E-state index contributed by atoms with van der Waals surface area (Å²) in [5.41, 5.74) is 6.05. The lowest BCUT2D eigenvalue weighted by atomic mass is 9.86. The van der Waals surface area contributed by atoms with E-state index in [-0.39, 0.29) is 40.4 Å². The standard InChI is InChI=1S/C30H31F2N5O5/c1-37-12-11-35-29(37)18-3-2-4-20(13-18)41-23-15-24(42-22-14-17(28(33)34)7-10-21(22)38)26(32)27(25(23)31)36-19-8-5-16(6-9-19)30(39)40/h2-4,7,10,13-16,19,36,38H,5-6,8-9,11-12H2,1H3,(H3,33,34)(H,39,40). The topological polar surface area (TPSA) is 153 Å². The Morgan fingerprint density at radius 2 is 1.76 bits per heavy atom. The van der Waals surface area contributed by atoms with Crippen LogP contribution in [0, 0.1) is 23.0 Å². The van der Waals surface area contributed by atoms with Crippen molar-refractivity contribution in [3.05, 3.63) is 71.3 Å². The van der Waals surface area contributed by atoms with Crippen LogP contribution in [0.5, 0.6) is 28.7 Å². The Morgan fingerprint density at radius 1 is 1.05 bits per heavy atom. The van der Waals surface area contributed by atoms with Gasteiger partial charge in [0.25, 0.3) is 0 Å². The molecule has 1 aliphatic carbocycles. The molecule has 10 nitrogen and oxygen atoms in total. The predicted octanol–water partition coefficient (Wildman–Crippen LogP) is 5.29. The van der Waals surface area contributed by atoms with Crippen molar-refractivity contribution in [3.63, 3.8) is 0 Å². The number of ether oxygens (including phenoxy) is 2. The Bertz CT molecular complexity index is 1560. The van der Waals surface area contributed by atoms with Crippen molar-refractivity contribution in [2.24, 2.45) is 16.6 Å². The number of amidine groups is 2. The second-order valence-electron chi connectivity index (χ2n) is 10.4. The van der Waals surface area contributed by atoms with E-state index in [9.17, 15) is 15.0 Å². The molecule has 0 aromatic heterocycles. The average molecular weight is 580 g/mol. The van der Waals surface area contributed by atoms with Gasteiger partial charge in [-0.3, -0.25) is 15.2 Å². The zero-order valence-corrected chi connectivity index (χ0v) is 22.9. The molecule has 220 valence electrons. The van der Waals surface area contributed by atoms with Crippen molar-refractivity contribution in [2.75, 3.05) is 25.5 Å². The van der Waals surface area contributed by atoms with Gasteiger partial charge in [0.2, 0.25) is 0 Å². The molecule has 0 atom stereocenters. The van der Waals surface area contributed by atoms with Crippen molar-refractivity contribution in [1.29, 1.82) is 5.41 Å². The van der Waals surface area contributed by atoms with E-state index in [2.05, 4.69) is 10.3 Å². The number of carbonyl (C=O) groups is 1. The summed E-state index contributed by atoms with van der Waals surface area (Å²) in [4.78, 5) is 17.8. The van der Waals surface area contributed by atoms with Gasteiger partial charge >= 0.3 is 5.97 Å². The highest BCUT2D eigenvalue weighted by Gasteiger charge is 2.29. The third-order valence-electron chi connectivity index (χ3n) is 7.43. The molecule has 1 aliphatic heterocycles. The number of nitrogen functional groups attached to an aromatic ring is 1. The van der Waals surface area contributed by atoms with Crippen LogP contribution in [0.4, 0.5) is 14.5 Å². The third-order valence-corrected chi connectivity index (χ3v) is 7.43. The molecule has 0 radical (unpaired) electrons. The number of anilines is 1. The molecule has 1 saturated carbocycles. The lowest BCUT2D eigenvalue weighted by Crippen LogP contribution is -2.30. The number of phenolic OH excluding ortho intramolecular Hbond substituents is 1. The zero-order chi connectivity index (χ0) is 30.0. The molecule has 0 bridgehead atoms. The number of hydrogen-bond acceptors (Lipinski definition) is 8. The van der Waals surface area contributed by atoms with Crippen molar-refractivity contribution in [2.45, 2.75) is 31.7 Å². The largest absolute Gasteiger partial charge is 0.504 e. The van der Waals surface area contributed by atoms with Crippen LogP contribution in [0.3, 0.4) is 0 Å². The molecule has 0 spiro atoms. The first-order valence-electron chi connectivity index (χ1n) is 13.5. The number of carboxylic acid groups (broad SMARTS) is 1. The van der Waals surface area contributed by atoms with E-state index < -0.39 is 35.0 Å². The fraction of sp³-hybridized carbons (Fsp3) is 0.300. The van der Waals surface area contributed by atoms with Crippen molar-refractivity contribution in [1.82, 2.24) is 4.90 Å². The number of nitrogens with zero attached hydrogens (tertiary/aromatic N) is 2. The number of rotatable bonds is 9. The summed E-state index contributed by atoms with van der Waals surface area (Å²) in [7, 11) is 1.92. The van der Waals surface area contributed by atoms with Gasteiger partial charge in [-0.05, 0) is 56.0 Å². The van der Waals surface area contributed by atoms with Gasteiger partial charge in [-0.1, -0.05) is 12.1 Å². The molecular weight excluding hydrogens is 548 g/mol. The van der Waals surface area contributed by atoms with E-state index in [4.69, 9.17) is 20.6 Å². The summed E-state index contributed by atoms with van der Waals surface area (Å²) in [6, 6.07) is 11.5. The van der Waals surface area contributed by atoms with Crippen LogP contribution in [0.2, 0.25) is 0 Å². The second kappa shape index (κ2) is 11.9. The highest BCUT2D eigenvalue weighted by atomic mass is 19.1. The number of aliphatic carboxylic acids is 1. The van der Waals surface area contributed by atoms with Gasteiger partial charge in [0.1, 0.15) is 23.1 Å². The zero-order valence-electron chi connectivity index (χ0n) is 22.9. The van der Waals surface area contributed by atoms with Crippen LogP contribution < -0.4 is 20.5 Å². The van der Waals surface area contributed by atoms with E-state index in [1.54, 1.807) is 18.2 Å². The van der Waals surface area contributed by atoms with E-state index >= 15 is 8.78 Å². The highest BCUT2D eigenvalue weighted by molar-refractivity contribution is 6.00. The maximum atomic E-state index is 15.9. The molecule has 12 heteroatoms. The molecule has 1 heterocycles. The quantitative estimate of drug-likeness (QED) is 0.169. The Labute approximate surface area is 240 Å². The predicted molar refractivity (Wildman–Crippen MR) is 153 cm³/mol. The molecular formula is C30H31F2N5O5. The highest BCUT2D eigenvalue weighted by Crippen LogP contribution is 2.42. The summed E-state index contributed by atoms with van der Waals surface area (Å²) in [6.07, 6.45) is 1.53. The minimum atomic E-state index is -1.07. The normalized spacial score (nSPS) is 18.4. The first-order chi connectivity index (χ1) is 20.1. The summed E-state index contributed by atoms with van der Waals surface area (Å²) >= 11 is 0. The average Bonchev–Trinajstić information content (AvgIpc) is 3.40. The maximum absolute atomic E-state index is 15.9. The Hall–Kier alpha value is -4.87. The van der Waals surface area contributed by atoms with Gasteiger partial charge in [0.15, 0.2) is 34.6 Å². The summed E-state index contributed by atoms with van der Waals surface area (Å²) in [5, 5.41) is 30.2. The van der Waals surface area contributed by atoms with E-state index in [1.165, 1.54) is 18.2 Å². The molecule has 2 aliphatic rings. The number of benzene rings is 3. The number of halogens is 2. The first-order valence-corrected chi connectivity index (χ1v) is 13.5. The minimum Gasteiger partial charge on any atom is -0.504 e. The van der Waals surface area contributed by atoms with Crippen LogP contribution in [-0.2, 0) is 4.79 Å². The number of likely N-dealkylation sites (N-methyl/N-ethyl adjacent to an activating group) is 1. The first kappa shape index (κ1) is 28.7. The molecule has 3 aromatic carbocycles. The molecule has 0 unspecified atom stereocenters. The van der Waals surface area contributed by atoms with Gasteiger partial charge in [-0.15, -0.1) is 0 Å². The van der Waals surface area contributed by atoms with Gasteiger partial charge in [0.05, 0.1) is 12.5 Å². The molecule has 0 saturated heterocycles. The van der Waals surface area contributed by atoms with E-state index in [0.717, 1.165) is 24.0 Å². The number of hydrogen-bond donors (Lipinski definition) is 5. The van der Waals surface area contributed by atoms with Crippen LogP contribution in [-0.4, -0.2) is 58.9 Å². The maximum Gasteiger partial charge on any atom is 0.306 e. The number of aromatic hydroxyl groups is 1. The number of nitrogens with one attached hydrogen (secondary N) is 2. The number of carboxylic acids is 1. The smallest absolute Gasteiger partial charge is 0.306 e. The van der Waals surface area contributed by atoms with Crippen molar-refractivity contribution in [3.8, 4) is 28.7 Å². The lowest BCUT2D eigenvalue weighted by molar-refractivity contribution is -0.142. The molecule has 42 heavy (non-hydrogen) atoms. The minimum absolute atomic E-state index is 0.198. The van der Waals surface area contributed by atoms with Gasteiger partial charge < -0.3 is 35.6 Å². The monoisotopic (exact) mass is 579 g/mol. The van der Waals surface area contributed by atoms with Crippen LogP contribution >= 0.6 is 0 Å². The van der Waals surface area contributed by atoms with Crippen LogP contribution in [0.1, 0.15) is 36.8 Å². The Balaban J connectivity index is 1.51. The number of aliphatic imine (C=N–C) groups is 1. The summed E-state index contributed by atoms with van der Waals surface area (Å²) < 4.78 is 43.4.